The lowest BCUT2D eigenvalue weighted by atomic mass is 10.1. The van der Waals surface area contributed by atoms with E-state index in [-0.39, 0.29) is 22.9 Å². The summed E-state index contributed by atoms with van der Waals surface area (Å²) in [6, 6.07) is 9.42. The van der Waals surface area contributed by atoms with Crippen LogP contribution in [0.5, 0.6) is 0 Å². The zero-order chi connectivity index (χ0) is 19.8. The number of nitrogens with one attached hydrogen (secondary N) is 1. The highest BCUT2D eigenvalue weighted by atomic mass is 16.6. The lowest BCUT2D eigenvalue weighted by Crippen LogP contribution is -2.33. The molecule has 1 fully saturated rings. The van der Waals surface area contributed by atoms with E-state index in [0.29, 0.717) is 0 Å². The minimum absolute atomic E-state index is 0.0136. The van der Waals surface area contributed by atoms with Crippen molar-refractivity contribution in [2.45, 2.75) is 24.5 Å². The fourth-order valence-electron chi connectivity index (χ4n) is 3.21. The van der Waals surface area contributed by atoms with E-state index in [0.717, 1.165) is 5.56 Å². The van der Waals surface area contributed by atoms with Crippen molar-refractivity contribution in [3.05, 3.63) is 52.1 Å². The number of rotatable bonds is 4. The number of H-pyrrole nitrogens is 1. The zero-order valence-electron chi connectivity index (χ0n) is 14.6. The van der Waals surface area contributed by atoms with E-state index in [4.69, 9.17) is 10.5 Å². The van der Waals surface area contributed by atoms with Gasteiger partial charge in [-0.1, -0.05) is 36.4 Å². The Morgan fingerprint density at radius 2 is 1.93 bits per heavy atom. The van der Waals surface area contributed by atoms with Gasteiger partial charge in [0.05, 0.1) is 6.61 Å². The van der Waals surface area contributed by atoms with Crippen LogP contribution in [0.25, 0.3) is 23.3 Å². The fraction of sp³-hybridized carbons (Fsp3) is 0.278. The number of benzene rings is 1. The first-order valence-electron chi connectivity index (χ1n) is 8.63. The van der Waals surface area contributed by atoms with Crippen LogP contribution in [-0.4, -0.2) is 59.8 Å². The van der Waals surface area contributed by atoms with Crippen LogP contribution >= 0.6 is 0 Å². The van der Waals surface area contributed by atoms with E-state index >= 15 is 0 Å². The molecule has 10 nitrogen and oxygen atoms in total. The lowest BCUT2D eigenvalue weighted by molar-refractivity contribution is -0.0513. The molecule has 3 aromatic rings. The Morgan fingerprint density at radius 3 is 2.61 bits per heavy atom. The topological polar surface area (TPSA) is 160 Å². The van der Waals surface area contributed by atoms with Gasteiger partial charge in [0, 0.05) is 0 Å². The highest BCUT2D eigenvalue weighted by Gasteiger charge is 2.44. The number of imidazole rings is 1. The molecule has 4 atom stereocenters. The quantitative estimate of drug-likeness (QED) is 0.401. The average Bonchev–Trinajstić information content (AvgIpc) is 3.18. The number of nitrogen functional groups attached to an aromatic ring is 1. The van der Waals surface area contributed by atoms with Gasteiger partial charge in [-0.25, -0.2) is 4.98 Å². The second-order valence-electron chi connectivity index (χ2n) is 6.44. The van der Waals surface area contributed by atoms with Gasteiger partial charge in [0.15, 0.2) is 17.4 Å². The van der Waals surface area contributed by atoms with Crippen molar-refractivity contribution in [3.63, 3.8) is 0 Å². The summed E-state index contributed by atoms with van der Waals surface area (Å²) >= 11 is 0. The Balaban J connectivity index is 1.87. The number of aromatic amines is 1. The highest BCUT2D eigenvalue weighted by molar-refractivity contribution is 5.77. The van der Waals surface area contributed by atoms with E-state index in [2.05, 4.69) is 15.0 Å². The van der Waals surface area contributed by atoms with Gasteiger partial charge in [-0.2, -0.15) is 4.98 Å². The number of anilines is 1. The molecule has 0 aliphatic carbocycles. The third-order valence-corrected chi connectivity index (χ3v) is 4.59. The maximum Gasteiger partial charge on any atom is 0.280 e. The molecule has 0 amide bonds. The van der Waals surface area contributed by atoms with E-state index in [1.807, 2.05) is 30.3 Å². The Bertz CT molecular complexity index is 1080. The third-order valence-electron chi connectivity index (χ3n) is 4.59. The third kappa shape index (κ3) is 3.08. The number of fused-ring (bicyclic) bond motifs is 1. The molecule has 1 aromatic carbocycles. The molecule has 1 aliphatic heterocycles. The second-order valence-corrected chi connectivity index (χ2v) is 6.44. The van der Waals surface area contributed by atoms with Gasteiger partial charge in [-0.3, -0.25) is 14.3 Å². The van der Waals surface area contributed by atoms with Crippen molar-refractivity contribution in [1.82, 2.24) is 19.5 Å². The summed E-state index contributed by atoms with van der Waals surface area (Å²) in [6.07, 6.45) is -1.35. The van der Waals surface area contributed by atoms with E-state index in [1.165, 1.54) is 4.57 Å². The molecule has 1 aliphatic rings. The first kappa shape index (κ1) is 18.3. The number of hydrogen-bond donors (Lipinski definition) is 5. The molecule has 0 radical (unpaired) electrons. The van der Waals surface area contributed by atoms with Crippen molar-refractivity contribution < 1.29 is 20.1 Å². The molecule has 1 saturated heterocycles. The molecule has 2 aromatic heterocycles. The summed E-state index contributed by atoms with van der Waals surface area (Å²) < 4.78 is 7.00. The van der Waals surface area contributed by atoms with Gasteiger partial charge in [0.1, 0.15) is 24.1 Å². The first-order valence-corrected chi connectivity index (χ1v) is 8.63. The van der Waals surface area contributed by atoms with Gasteiger partial charge >= 0.3 is 0 Å². The molecule has 28 heavy (non-hydrogen) atoms. The molecule has 146 valence electrons. The summed E-state index contributed by atoms with van der Waals surface area (Å²) in [5, 5.41) is 29.9. The SMILES string of the molecule is Nc1nc2c(nc(C=Cc3ccccc3)n2[C@@H]2O[C@H](CO)C(O)C2O)c(=O)[nH]1. The smallest absolute Gasteiger partial charge is 0.280 e. The second kappa shape index (κ2) is 7.17. The normalized spacial score (nSPS) is 25.1. The van der Waals surface area contributed by atoms with Crippen molar-refractivity contribution in [2.75, 3.05) is 12.3 Å². The van der Waals surface area contributed by atoms with Crippen LogP contribution in [0.1, 0.15) is 17.6 Å². The summed E-state index contributed by atoms with van der Waals surface area (Å²) in [5.41, 5.74) is 6.13. The molecule has 0 spiro atoms. The predicted octanol–water partition coefficient (Wildman–Crippen LogP) is -0.516. The molecule has 0 bridgehead atoms. The maximum absolute atomic E-state index is 12.3. The van der Waals surface area contributed by atoms with Gasteiger partial charge in [-0.15, -0.1) is 0 Å². The van der Waals surface area contributed by atoms with Crippen molar-refractivity contribution in [2.24, 2.45) is 0 Å². The fourth-order valence-corrected chi connectivity index (χ4v) is 3.21. The van der Waals surface area contributed by atoms with Crippen LogP contribution in [-0.2, 0) is 4.74 Å². The Hall–Kier alpha value is -3.05. The van der Waals surface area contributed by atoms with Crippen molar-refractivity contribution >= 4 is 29.3 Å². The average molecular weight is 385 g/mol. The number of nitrogens with zero attached hydrogens (tertiary/aromatic N) is 3. The van der Waals surface area contributed by atoms with Crippen molar-refractivity contribution in [3.8, 4) is 0 Å². The van der Waals surface area contributed by atoms with Crippen LogP contribution in [0.3, 0.4) is 0 Å². The minimum Gasteiger partial charge on any atom is -0.394 e. The Morgan fingerprint density at radius 1 is 1.18 bits per heavy atom. The number of aliphatic hydroxyl groups excluding tert-OH is 3. The summed E-state index contributed by atoms with van der Waals surface area (Å²) in [5.74, 6) is 0.154. The molecule has 2 unspecified atom stereocenters. The van der Waals surface area contributed by atoms with E-state index < -0.39 is 36.7 Å². The Labute approximate surface area is 158 Å². The first-order chi connectivity index (χ1) is 13.5. The van der Waals surface area contributed by atoms with Gasteiger partial charge in [0.25, 0.3) is 5.56 Å². The monoisotopic (exact) mass is 385 g/mol. The molecular weight excluding hydrogens is 366 g/mol. The Kier molecular flexibility index (Phi) is 4.69. The number of nitrogens with two attached hydrogens (primary N) is 1. The predicted molar refractivity (Wildman–Crippen MR) is 101 cm³/mol. The van der Waals surface area contributed by atoms with Crippen LogP contribution in [0.15, 0.2) is 35.1 Å². The van der Waals surface area contributed by atoms with Gasteiger partial charge < -0.3 is 25.8 Å². The highest BCUT2D eigenvalue weighted by Crippen LogP contribution is 2.32. The summed E-state index contributed by atoms with van der Waals surface area (Å²) in [7, 11) is 0. The summed E-state index contributed by atoms with van der Waals surface area (Å²) in [4.78, 5) is 23.1. The number of hydrogen-bond acceptors (Lipinski definition) is 8. The molecule has 4 rings (SSSR count). The zero-order valence-corrected chi connectivity index (χ0v) is 14.6. The van der Waals surface area contributed by atoms with Crippen LogP contribution in [0, 0.1) is 0 Å². The van der Waals surface area contributed by atoms with Crippen LogP contribution < -0.4 is 11.3 Å². The minimum atomic E-state index is -1.36. The molecule has 3 heterocycles. The van der Waals surface area contributed by atoms with E-state index in [1.54, 1.807) is 12.2 Å². The van der Waals surface area contributed by atoms with Crippen LogP contribution in [0.2, 0.25) is 0 Å². The number of aliphatic hydroxyl groups is 3. The molecular formula is C18H19N5O5. The van der Waals surface area contributed by atoms with Gasteiger partial charge in [-0.05, 0) is 11.6 Å². The van der Waals surface area contributed by atoms with E-state index in [9.17, 15) is 20.1 Å². The number of ether oxygens (including phenoxy) is 1. The molecule has 6 N–H and O–H groups in total. The van der Waals surface area contributed by atoms with Gasteiger partial charge in [0.2, 0.25) is 5.95 Å². The van der Waals surface area contributed by atoms with Crippen molar-refractivity contribution in [1.29, 1.82) is 0 Å². The molecule has 0 saturated carbocycles. The lowest BCUT2D eigenvalue weighted by Gasteiger charge is -2.18. The standard InChI is InChI=1S/C18H19N5O5/c19-18-21-15-12(16(27)22-18)20-11(7-6-9-4-2-1-3-5-9)23(15)17-14(26)13(25)10(8-24)28-17/h1-7,10,13-14,17,24-26H,8H2,(H3,19,21,22,27)/t10-,13?,14?,17-/m1/s1. The number of aromatic nitrogens is 4. The largest absolute Gasteiger partial charge is 0.394 e. The molecule has 10 heteroatoms. The summed E-state index contributed by atoms with van der Waals surface area (Å²) in [6.45, 7) is -0.479. The maximum atomic E-state index is 12.3. The van der Waals surface area contributed by atoms with Crippen LogP contribution in [0.4, 0.5) is 5.95 Å².